The van der Waals surface area contributed by atoms with Gasteiger partial charge in [-0.05, 0) is 37.3 Å². The monoisotopic (exact) mass is 376 g/mol. The largest absolute Gasteiger partial charge is 0.466 e. The fraction of sp³-hybridized carbons (Fsp3) is 0.389. The highest BCUT2D eigenvalue weighted by atomic mass is 32.2. The first-order valence-electron chi connectivity index (χ1n) is 8.03. The molecule has 0 bridgehead atoms. The number of thioether (sulfide) groups is 2. The van der Waals surface area contributed by atoms with Crippen LogP contribution in [0.3, 0.4) is 0 Å². The van der Waals surface area contributed by atoms with E-state index in [0.717, 1.165) is 16.9 Å². The van der Waals surface area contributed by atoms with Gasteiger partial charge in [0.2, 0.25) is 5.91 Å². The van der Waals surface area contributed by atoms with Gasteiger partial charge in [0.25, 0.3) is 0 Å². The molecule has 0 spiro atoms. The Morgan fingerprint density at radius 1 is 1.36 bits per heavy atom. The van der Waals surface area contributed by atoms with Gasteiger partial charge in [-0.1, -0.05) is 30.8 Å². The molecule has 0 saturated carbocycles. The molecule has 2 heterocycles. The normalized spacial score (nSPS) is 22.8. The van der Waals surface area contributed by atoms with Crippen molar-refractivity contribution in [3.63, 3.8) is 0 Å². The van der Waals surface area contributed by atoms with Crippen LogP contribution in [0.5, 0.6) is 0 Å². The number of carbonyl (C=O) groups is 2. The first-order valence-corrected chi connectivity index (χ1v) is 10.1. The zero-order valence-electron chi connectivity index (χ0n) is 14.6. The van der Waals surface area contributed by atoms with Crippen LogP contribution in [0.1, 0.15) is 31.9 Å². The molecule has 2 aliphatic rings. The molecule has 25 heavy (non-hydrogen) atoms. The van der Waals surface area contributed by atoms with Gasteiger partial charge in [0.1, 0.15) is 0 Å². The number of aliphatic imine (C=N–C) groups is 1. The molecule has 1 amide bonds. The molecule has 7 heteroatoms. The molecule has 3 rings (SSSR count). The van der Waals surface area contributed by atoms with Gasteiger partial charge in [-0.25, -0.2) is 9.79 Å². The molecular weight excluding hydrogens is 356 g/mol. The maximum Gasteiger partial charge on any atom is 0.338 e. The molecule has 1 aromatic rings. The predicted octanol–water partition coefficient (Wildman–Crippen LogP) is 3.62. The van der Waals surface area contributed by atoms with E-state index < -0.39 is 12.0 Å². The number of amides is 1. The SMILES string of the molecule is CC[C@H]1SC2=NC(C)=C(C(=O)OC)[C@H](c3ccc(SC)cc3)N2C1=O. The Labute approximate surface area is 155 Å². The predicted molar refractivity (Wildman–Crippen MR) is 102 cm³/mol. The van der Waals surface area contributed by atoms with Crippen molar-refractivity contribution in [2.24, 2.45) is 4.99 Å². The summed E-state index contributed by atoms with van der Waals surface area (Å²) in [5, 5.41) is 0.512. The van der Waals surface area contributed by atoms with Crippen molar-refractivity contribution in [3.05, 3.63) is 41.1 Å². The molecule has 132 valence electrons. The number of hydrogen-bond acceptors (Lipinski definition) is 6. The number of carbonyl (C=O) groups excluding carboxylic acids is 2. The average molecular weight is 377 g/mol. The zero-order chi connectivity index (χ0) is 18.1. The van der Waals surface area contributed by atoms with Crippen LogP contribution in [0.15, 0.2) is 45.4 Å². The van der Waals surface area contributed by atoms with Gasteiger partial charge < -0.3 is 4.74 Å². The number of methoxy groups -OCH3 is 1. The first-order chi connectivity index (χ1) is 12.0. The van der Waals surface area contributed by atoms with E-state index >= 15 is 0 Å². The summed E-state index contributed by atoms with van der Waals surface area (Å²) >= 11 is 3.12. The summed E-state index contributed by atoms with van der Waals surface area (Å²) in [4.78, 5) is 32.6. The van der Waals surface area contributed by atoms with Crippen molar-refractivity contribution in [3.8, 4) is 0 Å². The fourth-order valence-electron chi connectivity index (χ4n) is 3.06. The van der Waals surface area contributed by atoms with E-state index in [1.807, 2.05) is 37.4 Å². The van der Waals surface area contributed by atoms with Crippen LogP contribution in [-0.2, 0) is 14.3 Å². The third kappa shape index (κ3) is 3.11. The summed E-state index contributed by atoms with van der Waals surface area (Å²) in [6, 6.07) is 7.44. The smallest absolute Gasteiger partial charge is 0.338 e. The van der Waals surface area contributed by atoms with Gasteiger partial charge in [0.05, 0.1) is 29.7 Å². The Hall–Kier alpha value is -1.73. The van der Waals surface area contributed by atoms with Gasteiger partial charge in [0, 0.05) is 4.90 Å². The molecular formula is C18H20N2O3S2. The second-order valence-corrected chi connectivity index (χ2v) is 7.83. The number of amidine groups is 1. The number of fused-ring (bicyclic) bond motifs is 1. The molecule has 0 aliphatic carbocycles. The van der Waals surface area contributed by atoms with Gasteiger partial charge in [-0.3, -0.25) is 9.69 Å². The number of ether oxygens (including phenoxy) is 1. The summed E-state index contributed by atoms with van der Waals surface area (Å²) < 4.78 is 4.98. The Morgan fingerprint density at radius 2 is 2.04 bits per heavy atom. The molecule has 0 aromatic heterocycles. The number of benzene rings is 1. The zero-order valence-corrected chi connectivity index (χ0v) is 16.2. The molecule has 1 saturated heterocycles. The van der Waals surface area contributed by atoms with Crippen LogP contribution >= 0.6 is 23.5 Å². The number of esters is 1. The van der Waals surface area contributed by atoms with Gasteiger partial charge >= 0.3 is 5.97 Å². The minimum absolute atomic E-state index is 0.000837. The molecule has 1 fully saturated rings. The van der Waals surface area contributed by atoms with E-state index in [1.54, 1.807) is 23.6 Å². The van der Waals surface area contributed by atoms with E-state index in [1.165, 1.54) is 18.9 Å². The minimum atomic E-state index is -0.493. The van der Waals surface area contributed by atoms with E-state index in [9.17, 15) is 9.59 Å². The van der Waals surface area contributed by atoms with E-state index in [-0.39, 0.29) is 11.2 Å². The number of nitrogens with zero attached hydrogens (tertiary/aromatic N) is 2. The lowest BCUT2D eigenvalue weighted by molar-refractivity contribution is -0.137. The molecule has 0 unspecified atom stereocenters. The number of allylic oxidation sites excluding steroid dienone is 1. The Bertz CT molecular complexity index is 771. The average Bonchev–Trinajstić information content (AvgIpc) is 2.95. The molecule has 0 radical (unpaired) electrons. The summed E-state index contributed by atoms with van der Waals surface area (Å²) in [6.07, 6.45) is 2.74. The fourth-order valence-corrected chi connectivity index (χ4v) is 4.60. The minimum Gasteiger partial charge on any atom is -0.466 e. The van der Waals surface area contributed by atoms with Crippen LogP contribution in [0, 0.1) is 0 Å². The van der Waals surface area contributed by atoms with Crippen molar-refractivity contribution in [2.45, 2.75) is 36.5 Å². The molecule has 1 aromatic carbocycles. The summed E-state index contributed by atoms with van der Waals surface area (Å²) in [6.45, 7) is 3.78. The number of rotatable bonds is 4. The highest BCUT2D eigenvalue weighted by Crippen LogP contribution is 2.44. The number of hydrogen-bond donors (Lipinski definition) is 0. The Kier molecular flexibility index (Phi) is 5.24. The van der Waals surface area contributed by atoms with Gasteiger partial charge in [-0.15, -0.1) is 11.8 Å². The summed E-state index contributed by atoms with van der Waals surface area (Å²) in [5.74, 6) is -0.448. The van der Waals surface area contributed by atoms with Gasteiger partial charge in [-0.2, -0.15) is 0 Å². The van der Waals surface area contributed by atoms with Crippen LogP contribution < -0.4 is 0 Å². The van der Waals surface area contributed by atoms with Crippen molar-refractivity contribution in [1.82, 2.24) is 4.90 Å². The van der Waals surface area contributed by atoms with Crippen LogP contribution in [0.4, 0.5) is 0 Å². The molecule has 0 N–H and O–H groups in total. The van der Waals surface area contributed by atoms with Crippen LogP contribution in [0.25, 0.3) is 0 Å². The summed E-state index contributed by atoms with van der Waals surface area (Å²) in [5.41, 5.74) is 1.92. The standard InChI is InChI=1S/C18H20N2O3S2/c1-5-13-16(21)20-15(11-6-8-12(24-4)9-7-11)14(17(22)23-3)10(2)19-18(20)25-13/h6-9,13,15H,5H2,1-4H3/t13-,15+/m1/s1. The first kappa shape index (κ1) is 18.1. The lowest BCUT2D eigenvalue weighted by Gasteiger charge is -2.32. The summed E-state index contributed by atoms with van der Waals surface area (Å²) in [7, 11) is 1.35. The van der Waals surface area contributed by atoms with Crippen LogP contribution in [-0.4, -0.2) is 40.6 Å². The van der Waals surface area contributed by atoms with E-state index in [0.29, 0.717) is 16.4 Å². The third-order valence-corrected chi connectivity index (χ3v) is 6.42. The van der Waals surface area contributed by atoms with E-state index in [4.69, 9.17) is 4.74 Å². The maximum absolute atomic E-state index is 12.9. The highest BCUT2D eigenvalue weighted by molar-refractivity contribution is 8.15. The molecule has 2 atom stereocenters. The van der Waals surface area contributed by atoms with E-state index in [2.05, 4.69) is 4.99 Å². The van der Waals surface area contributed by atoms with Gasteiger partial charge in [0.15, 0.2) is 5.17 Å². The topological polar surface area (TPSA) is 59.0 Å². The lowest BCUT2D eigenvalue weighted by Crippen LogP contribution is -2.40. The Morgan fingerprint density at radius 3 is 2.60 bits per heavy atom. The van der Waals surface area contributed by atoms with Crippen molar-refractivity contribution >= 4 is 40.6 Å². The van der Waals surface area contributed by atoms with Crippen molar-refractivity contribution in [2.75, 3.05) is 13.4 Å². The molecule has 5 nitrogen and oxygen atoms in total. The third-order valence-electron chi connectivity index (χ3n) is 4.36. The van der Waals surface area contributed by atoms with Crippen molar-refractivity contribution < 1.29 is 14.3 Å². The van der Waals surface area contributed by atoms with Crippen LogP contribution in [0.2, 0.25) is 0 Å². The second-order valence-electron chi connectivity index (χ2n) is 5.78. The maximum atomic E-state index is 12.9. The Balaban J connectivity index is 2.12. The lowest BCUT2D eigenvalue weighted by atomic mass is 9.94. The molecule has 2 aliphatic heterocycles. The van der Waals surface area contributed by atoms with Crippen molar-refractivity contribution in [1.29, 1.82) is 0 Å². The second kappa shape index (κ2) is 7.25. The quantitative estimate of drug-likeness (QED) is 0.593. The highest BCUT2D eigenvalue weighted by Gasteiger charge is 2.47.